The maximum Gasteiger partial charge on any atom is 0.355 e. The third-order valence-electron chi connectivity index (χ3n) is 5.78. The topological polar surface area (TPSA) is 107 Å². The molecule has 2 aromatic rings. The molecule has 2 amide bonds. The van der Waals surface area contributed by atoms with Crippen LogP contribution >= 0.6 is 0 Å². The quantitative estimate of drug-likeness (QED) is 0.674. The van der Waals surface area contributed by atoms with Crippen molar-refractivity contribution in [2.24, 2.45) is 5.10 Å². The van der Waals surface area contributed by atoms with Crippen LogP contribution in [0.4, 0.5) is 0 Å². The van der Waals surface area contributed by atoms with E-state index in [1.807, 2.05) is 42.5 Å². The first-order chi connectivity index (χ1) is 16.0. The fraction of sp³-hybridized carbons (Fsp3) is 0.333. The zero-order valence-corrected chi connectivity index (χ0v) is 18.5. The molecule has 0 spiro atoms. The van der Waals surface area contributed by atoms with Gasteiger partial charge >= 0.3 is 5.97 Å². The minimum atomic E-state index is -0.705. The number of fused-ring (bicyclic) bond motifs is 1. The number of methoxy groups -OCH3 is 2. The maximum absolute atomic E-state index is 13.2. The molecule has 9 heteroatoms. The first-order valence-corrected chi connectivity index (χ1v) is 10.6. The highest BCUT2D eigenvalue weighted by Gasteiger charge is 2.34. The van der Waals surface area contributed by atoms with Crippen molar-refractivity contribution in [3.8, 4) is 11.5 Å². The molecule has 172 valence electrons. The van der Waals surface area contributed by atoms with Gasteiger partial charge in [-0.25, -0.2) is 10.2 Å². The smallest absolute Gasteiger partial charge is 0.355 e. The number of benzene rings is 2. The lowest BCUT2D eigenvalue weighted by Crippen LogP contribution is -2.43. The third kappa shape index (κ3) is 4.67. The van der Waals surface area contributed by atoms with Gasteiger partial charge in [0.15, 0.2) is 18.1 Å². The van der Waals surface area contributed by atoms with Gasteiger partial charge in [0.05, 0.1) is 20.3 Å². The van der Waals surface area contributed by atoms with Gasteiger partial charge in [0, 0.05) is 19.4 Å². The average molecular weight is 451 g/mol. The Morgan fingerprint density at radius 2 is 1.79 bits per heavy atom. The van der Waals surface area contributed by atoms with Crippen LogP contribution in [0.1, 0.15) is 35.6 Å². The summed E-state index contributed by atoms with van der Waals surface area (Å²) >= 11 is 0. The van der Waals surface area contributed by atoms with Gasteiger partial charge in [-0.1, -0.05) is 30.3 Å². The molecule has 1 atom stereocenters. The Balaban J connectivity index is 1.59. The minimum absolute atomic E-state index is 0.0998. The minimum Gasteiger partial charge on any atom is -0.493 e. The van der Waals surface area contributed by atoms with Gasteiger partial charge in [0.2, 0.25) is 5.91 Å². The van der Waals surface area contributed by atoms with Crippen LogP contribution in [0.2, 0.25) is 0 Å². The van der Waals surface area contributed by atoms with Crippen LogP contribution in [0, 0.1) is 0 Å². The zero-order chi connectivity index (χ0) is 23.4. The Kier molecular flexibility index (Phi) is 6.58. The largest absolute Gasteiger partial charge is 0.493 e. The summed E-state index contributed by atoms with van der Waals surface area (Å²) in [6.07, 6.45) is 0.966. The molecule has 2 aliphatic rings. The molecule has 0 aromatic heterocycles. The van der Waals surface area contributed by atoms with E-state index in [0.29, 0.717) is 24.5 Å². The molecule has 2 aromatic carbocycles. The van der Waals surface area contributed by atoms with Crippen LogP contribution in [-0.4, -0.2) is 55.8 Å². The van der Waals surface area contributed by atoms with Crippen LogP contribution in [0.5, 0.6) is 11.5 Å². The second kappa shape index (κ2) is 9.72. The van der Waals surface area contributed by atoms with Crippen molar-refractivity contribution in [1.29, 1.82) is 0 Å². The highest BCUT2D eigenvalue weighted by molar-refractivity contribution is 6.37. The molecule has 0 unspecified atom stereocenters. The molecule has 9 nitrogen and oxygen atoms in total. The van der Waals surface area contributed by atoms with Gasteiger partial charge in [-0.05, 0) is 35.2 Å². The van der Waals surface area contributed by atoms with Crippen molar-refractivity contribution >= 4 is 23.5 Å². The molecule has 33 heavy (non-hydrogen) atoms. The van der Waals surface area contributed by atoms with E-state index in [2.05, 4.69) is 10.5 Å². The molecule has 2 aliphatic heterocycles. The van der Waals surface area contributed by atoms with Crippen LogP contribution in [-0.2, 0) is 25.5 Å². The molecular formula is C24H25N3O6. The van der Waals surface area contributed by atoms with E-state index in [9.17, 15) is 14.4 Å². The number of esters is 1. The first kappa shape index (κ1) is 22.3. The van der Waals surface area contributed by atoms with E-state index < -0.39 is 12.6 Å². The van der Waals surface area contributed by atoms with Crippen LogP contribution in [0.3, 0.4) is 0 Å². The van der Waals surface area contributed by atoms with Gasteiger partial charge < -0.3 is 19.1 Å². The molecule has 0 saturated carbocycles. The Hall–Kier alpha value is -3.88. The lowest BCUT2D eigenvalue weighted by Gasteiger charge is -2.38. The third-order valence-corrected chi connectivity index (χ3v) is 5.78. The molecule has 0 aliphatic carbocycles. The highest BCUT2D eigenvalue weighted by atomic mass is 16.5. The number of hydrogen-bond acceptors (Lipinski definition) is 7. The lowest BCUT2D eigenvalue weighted by atomic mass is 9.87. The Bertz CT molecular complexity index is 1100. The molecule has 1 N–H and O–H groups in total. The second-order valence-electron chi connectivity index (χ2n) is 7.73. The molecule has 0 saturated heterocycles. The van der Waals surface area contributed by atoms with Crippen LogP contribution in [0.25, 0.3) is 0 Å². The number of ether oxygens (including phenoxy) is 3. The number of nitrogens with zero attached hydrogens (tertiary/aromatic N) is 2. The Morgan fingerprint density at radius 1 is 1.06 bits per heavy atom. The number of carbonyl (C=O) groups excluding carboxylic acids is 3. The van der Waals surface area contributed by atoms with Crippen molar-refractivity contribution in [3.63, 3.8) is 0 Å². The highest BCUT2D eigenvalue weighted by Crippen LogP contribution is 2.41. The van der Waals surface area contributed by atoms with Crippen LogP contribution in [0.15, 0.2) is 47.6 Å². The van der Waals surface area contributed by atoms with E-state index in [4.69, 9.17) is 14.2 Å². The summed E-state index contributed by atoms with van der Waals surface area (Å²) in [5.74, 6) is -0.0683. The van der Waals surface area contributed by atoms with E-state index in [1.165, 1.54) is 0 Å². The summed E-state index contributed by atoms with van der Waals surface area (Å²) in [5, 5.41) is 3.72. The van der Waals surface area contributed by atoms with E-state index in [1.54, 1.807) is 19.1 Å². The fourth-order valence-corrected chi connectivity index (χ4v) is 4.12. The normalized spacial score (nSPS) is 17.4. The number of nitrogens with one attached hydrogen (secondary N) is 1. The Labute approximate surface area is 191 Å². The maximum atomic E-state index is 13.2. The number of amides is 2. The number of rotatable bonds is 6. The summed E-state index contributed by atoms with van der Waals surface area (Å²) in [5.41, 5.74) is 5.29. The fourth-order valence-electron chi connectivity index (χ4n) is 4.12. The summed E-state index contributed by atoms with van der Waals surface area (Å²) in [4.78, 5) is 38.4. The molecule has 0 fully saturated rings. The summed E-state index contributed by atoms with van der Waals surface area (Å²) in [7, 11) is 3.16. The van der Waals surface area contributed by atoms with Crippen molar-refractivity contribution in [2.75, 3.05) is 27.4 Å². The van der Waals surface area contributed by atoms with Gasteiger partial charge in [-0.15, -0.1) is 0 Å². The average Bonchev–Trinajstić information content (AvgIpc) is 2.86. The van der Waals surface area contributed by atoms with Crippen molar-refractivity contribution in [1.82, 2.24) is 10.3 Å². The van der Waals surface area contributed by atoms with Crippen molar-refractivity contribution in [3.05, 3.63) is 59.2 Å². The van der Waals surface area contributed by atoms with Crippen molar-refractivity contribution < 1.29 is 28.6 Å². The van der Waals surface area contributed by atoms with E-state index >= 15 is 0 Å². The Morgan fingerprint density at radius 3 is 2.45 bits per heavy atom. The zero-order valence-electron chi connectivity index (χ0n) is 18.5. The summed E-state index contributed by atoms with van der Waals surface area (Å²) < 4.78 is 16.2. The lowest BCUT2D eigenvalue weighted by molar-refractivity contribution is -0.148. The van der Waals surface area contributed by atoms with Gasteiger partial charge in [-0.2, -0.15) is 5.10 Å². The molecule has 0 bridgehead atoms. The number of carbonyl (C=O) groups is 3. The van der Waals surface area contributed by atoms with Gasteiger partial charge in [0.25, 0.3) is 5.91 Å². The molecule has 2 heterocycles. The monoisotopic (exact) mass is 451 g/mol. The predicted octanol–water partition coefficient (Wildman–Crippen LogP) is 1.99. The standard InChI is InChI=1S/C24H25N3O6/c1-31-19-12-16-10-11-27(22(29)14-33-24(30)18-8-9-21(28)26-25-18)23(15-6-4-3-5-7-15)17(16)13-20(19)32-2/h3-7,12-13,23H,8-11,14H2,1-2H3,(H,26,28)/t23-/m1/s1. The number of hydrazone groups is 1. The molecule has 4 rings (SSSR count). The summed E-state index contributed by atoms with van der Waals surface area (Å²) in [6.45, 7) is 0.0349. The summed E-state index contributed by atoms with van der Waals surface area (Å²) in [6, 6.07) is 13.2. The molecule has 0 radical (unpaired) electrons. The first-order valence-electron chi connectivity index (χ1n) is 10.6. The van der Waals surface area contributed by atoms with Crippen molar-refractivity contribution in [2.45, 2.75) is 25.3 Å². The second-order valence-corrected chi connectivity index (χ2v) is 7.73. The predicted molar refractivity (Wildman–Crippen MR) is 119 cm³/mol. The van der Waals surface area contributed by atoms with Crippen LogP contribution < -0.4 is 14.9 Å². The number of hydrogen-bond donors (Lipinski definition) is 1. The van der Waals surface area contributed by atoms with E-state index in [-0.39, 0.29) is 36.4 Å². The van der Waals surface area contributed by atoms with Gasteiger partial charge in [0.1, 0.15) is 5.71 Å². The van der Waals surface area contributed by atoms with E-state index in [0.717, 1.165) is 16.7 Å². The SMILES string of the molecule is COc1cc2c(cc1OC)[C@@H](c1ccccc1)N(C(=O)COC(=O)C1=NNC(=O)CC1)CC2. The van der Waals surface area contributed by atoms with Gasteiger partial charge in [-0.3, -0.25) is 9.59 Å². The molecular weight excluding hydrogens is 426 g/mol.